The molecule has 0 atom stereocenters. The Morgan fingerprint density at radius 3 is 2.76 bits per heavy atom. The summed E-state index contributed by atoms with van der Waals surface area (Å²) < 4.78 is 4.71. The quantitative estimate of drug-likeness (QED) is 0.469. The van der Waals surface area contributed by atoms with E-state index in [4.69, 9.17) is 21.6 Å². The summed E-state index contributed by atoms with van der Waals surface area (Å²) in [5.74, 6) is -0.719. The molecule has 0 fully saturated rings. The number of hydrogen-bond acceptors (Lipinski definition) is 5. The Labute approximate surface area is 102 Å². The van der Waals surface area contributed by atoms with E-state index in [1.54, 1.807) is 13.0 Å². The molecule has 0 radical (unpaired) electrons. The minimum absolute atomic E-state index is 0.0596. The maximum absolute atomic E-state index is 11.4. The van der Waals surface area contributed by atoms with Crippen molar-refractivity contribution in [3.05, 3.63) is 38.4 Å². The number of esters is 1. The first-order valence-electron chi connectivity index (χ1n) is 4.57. The van der Waals surface area contributed by atoms with Gasteiger partial charge in [-0.15, -0.1) is 0 Å². The van der Waals surface area contributed by atoms with Crippen LogP contribution in [-0.4, -0.2) is 17.5 Å². The van der Waals surface area contributed by atoms with E-state index in [2.05, 4.69) is 0 Å². The first-order chi connectivity index (χ1) is 8.02. The molecule has 0 spiro atoms. The van der Waals surface area contributed by atoms with Crippen LogP contribution < -0.4 is 0 Å². The number of ether oxygens (including phenoxy) is 1. The molecular formula is C10H7ClN2O4. The number of halogens is 1. The van der Waals surface area contributed by atoms with Gasteiger partial charge in [0.2, 0.25) is 0 Å². The van der Waals surface area contributed by atoms with E-state index in [0.29, 0.717) is 0 Å². The zero-order valence-corrected chi connectivity index (χ0v) is 9.52. The summed E-state index contributed by atoms with van der Waals surface area (Å²) in [6, 6.07) is 3.82. The second-order valence-electron chi connectivity index (χ2n) is 2.91. The maximum atomic E-state index is 11.4. The van der Waals surface area contributed by atoms with Gasteiger partial charge in [-0.1, -0.05) is 11.6 Å². The Bertz CT molecular complexity index is 522. The van der Waals surface area contributed by atoms with Gasteiger partial charge in [0.25, 0.3) is 5.69 Å². The highest BCUT2D eigenvalue weighted by Gasteiger charge is 2.23. The number of nitriles is 1. The van der Waals surface area contributed by atoms with E-state index in [1.165, 1.54) is 6.07 Å². The van der Waals surface area contributed by atoms with Crippen LogP contribution in [0.3, 0.4) is 0 Å². The fourth-order valence-corrected chi connectivity index (χ4v) is 1.47. The Morgan fingerprint density at radius 2 is 2.29 bits per heavy atom. The highest BCUT2D eigenvalue weighted by atomic mass is 35.5. The van der Waals surface area contributed by atoms with Crippen LogP contribution in [0.4, 0.5) is 5.69 Å². The molecule has 0 saturated heterocycles. The Hall–Kier alpha value is -2.13. The summed E-state index contributed by atoms with van der Waals surface area (Å²) in [6.45, 7) is 1.76. The number of benzene rings is 1. The Kier molecular flexibility index (Phi) is 4.01. The van der Waals surface area contributed by atoms with Crippen LogP contribution in [0.15, 0.2) is 12.1 Å². The molecule has 0 aromatic heterocycles. The first kappa shape index (κ1) is 12.9. The molecule has 1 aromatic carbocycles. The lowest BCUT2D eigenvalue weighted by atomic mass is 10.1. The van der Waals surface area contributed by atoms with Crippen molar-refractivity contribution in [2.24, 2.45) is 0 Å². The average Bonchev–Trinajstić information content (AvgIpc) is 2.28. The number of rotatable bonds is 3. The van der Waals surface area contributed by atoms with Crippen LogP contribution in [0.5, 0.6) is 0 Å². The van der Waals surface area contributed by atoms with Crippen LogP contribution >= 0.6 is 11.6 Å². The summed E-state index contributed by atoms with van der Waals surface area (Å²) in [4.78, 5) is 21.3. The molecule has 6 nitrogen and oxygen atoms in total. The highest BCUT2D eigenvalue weighted by Crippen LogP contribution is 2.29. The van der Waals surface area contributed by atoms with Crippen molar-refractivity contribution in [2.45, 2.75) is 6.92 Å². The van der Waals surface area contributed by atoms with Crippen molar-refractivity contribution in [3.8, 4) is 6.07 Å². The topological polar surface area (TPSA) is 93.2 Å². The number of nitrogens with zero attached hydrogens (tertiary/aromatic N) is 2. The van der Waals surface area contributed by atoms with Crippen molar-refractivity contribution in [2.75, 3.05) is 6.61 Å². The van der Waals surface area contributed by atoms with E-state index in [1.807, 2.05) is 0 Å². The average molecular weight is 255 g/mol. The monoisotopic (exact) mass is 254 g/mol. The summed E-state index contributed by atoms with van der Waals surface area (Å²) in [7, 11) is 0. The lowest BCUT2D eigenvalue weighted by molar-refractivity contribution is -0.385. The maximum Gasteiger partial charge on any atom is 0.339 e. The van der Waals surface area contributed by atoms with E-state index < -0.39 is 16.6 Å². The minimum atomic E-state index is -0.737. The van der Waals surface area contributed by atoms with E-state index in [0.717, 1.165) is 6.07 Å². The third-order valence-electron chi connectivity index (χ3n) is 1.92. The Morgan fingerprint density at radius 1 is 1.65 bits per heavy atom. The van der Waals surface area contributed by atoms with Crippen LogP contribution in [0.2, 0.25) is 5.02 Å². The second-order valence-corrected chi connectivity index (χ2v) is 3.29. The molecule has 0 bridgehead atoms. The molecule has 0 unspecified atom stereocenters. The number of carbonyl (C=O) groups is 1. The molecule has 1 aromatic rings. The molecule has 0 N–H and O–H groups in total. The summed E-state index contributed by atoms with van der Waals surface area (Å²) >= 11 is 5.76. The van der Waals surface area contributed by atoms with Crippen LogP contribution in [0.1, 0.15) is 22.8 Å². The van der Waals surface area contributed by atoms with Gasteiger partial charge in [-0.2, -0.15) is 5.26 Å². The standard InChI is InChI=1S/C10H7ClN2O4/c1-2-17-10(14)6-3-4-8(13(15)16)7(5-12)9(6)11/h3-4H,2H2,1H3. The largest absolute Gasteiger partial charge is 0.462 e. The van der Waals surface area contributed by atoms with Crippen molar-refractivity contribution >= 4 is 23.3 Å². The molecule has 0 aliphatic rings. The molecule has 0 amide bonds. The zero-order valence-electron chi connectivity index (χ0n) is 8.77. The van der Waals surface area contributed by atoms with Crippen LogP contribution in [0.25, 0.3) is 0 Å². The lowest BCUT2D eigenvalue weighted by Gasteiger charge is -2.05. The minimum Gasteiger partial charge on any atom is -0.462 e. The first-order valence-corrected chi connectivity index (χ1v) is 4.94. The number of hydrogen-bond donors (Lipinski definition) is 0. The number of carbonyl (C=O) groups excluding carboxylic acids is 1. The molecule has 0 aliphatic carbocycles. The van der Waals surface area contributed by atoms with Crippen LogP contribution in [0, 0.1) is 21.4 Å². The lowest BCUT2D eigenvalue weighted by Crippen LogP contribution is -2.07. The van der Waals surface area contributed by atoms with Gasteiger partial charge < -0.3 is 4.74 Å². The van der Waals surface area contributed by atoms with Gasteiger partial charge in [-0.25, -0.2) is 4.79 Å². The fraction of sp³-hybridized carbons (Fsp3) is 0.200. The zero-order chi connectivity index (χ0) is 13.0. The normalized spacial score (nSPS) is 9.47. The van der Waals surface area contributed by atoms with Gasteiger partial charge in [0.1, 0.15) is 11.6 Å². The molecule has 88 valence electrons. The van der Waals surface area contributed by atoms with Crippen molar-refractivity contribution < 1.29 is 14.5 Å². The van der Waals surface area contributed by atoms with Crippen molar-refractivity contribution in [1.82, 2.24) is 0 Å². The summed E-state index contributed by atoms with van der Waals surface area (Å²) in [6.07, 6.45) is 0. The van der Waals surface area contributed by atoms with Gasteiger partial charge in [0.15, 0.2) is 0 Å². The fourth-order valence-electron chi connectivity index (χ4n) is 1.19. The van der Waals surface area contributed by atoms with Gasteiger partial charge in [-0.05, 0) is 13.0 Å². The smallest absolute Gasteiger partial charge is 0.339 e. The number of nitro benzene ring substituents is 1. The summed E-state index contributed by atoms with van der Waals surface area (Å²) in [5.41, 5.74) is -0.844. The molecule has 0 saturated carbocycles. The predicted molar refractivity (Wildman–Crippen MR) is 58.8 cm³/mol. The van der Waals surface area contributed by atoms with Crippen molar-refractivity contribution in [1.29, 1.82) is 5.26 Å². The molecule has 7 heteroatoms. The molecule has 1 rings (SSSR count). The second kappa shape index (κ2) is 5.27. The van der Waals surface area contributed by atoms with E-state index >= 15 is 0 Å². The molecular weight excluding hydrogens is 248 g/mol. The van der Waals surface area contributed by atoms with Gasteiger partial charge in [0, 0.05) is 6.07 Å². The van der Waals surface area contributed by atoms with Gasteiger partial charge >= 0.3 is 5.97 Å². The van der Waals surface area contributed by atoms with Gasteiger partial charge in [-0.3, -0.25) is 10.1 Å². The van der Waals surface area contributed by atoms with E-state index in [9.17, 15) is 14.9 Å². The Balaban J connectivity index is 3.36. The highest BCUT2D eigenvalue weighted by molar-refractivity contribution is 6.35. The van der Waals surface area contributed by atoms with E-state index in [-0.39, 0.29) is 22.8 Å². The van der Waals surface area contributed by atoms with Crippen molar-refractivity contribution in [3.63, 3.8) is 0 Å². The predicted octanol–water partition coefficient (Wildman–Crippen LogP) is 2.30. The molecule has 17 heavy (non-hydrogen) atoms. The third-order valence-corrected chi connectivity index (χ3v) is 2.32. The number of nitro groups is 1. The SMILES string of the molecule is CCOC(=O)c1ccc([N+](=O)[O-])c(C#N)c1Cl. The molecule has 0 heterocycles. The molecule has 0 aliphatic heterocycles. The van der Waals surface area contributed by atoms with Crippen LogP contribution in [-0.2, 0) is 4.74 Å². The van der Waals surface area contributed by atoms with Gasteiger partial charge in [0.05, 0.1) is 22.1 Å². The third kappa shape index (κ3) is 2.52. The summed E-state index contributed by atoms with van der Waals surface area (Å²) in [5, 5.41) is 19.1.